The van der Waals surface area contributed by atoms with Crippen LogP contribution < -0.4 is 4.74 Å². The van der Waals surface area contributed by atoms with Crippen LogP contribution in [0.3, 0.4) is 0 Å². The summed E-state index contributed by atoms with van der Waals surface area (Å²) in [5.74, 6) is -0.0360. The Morgan fingerprint density at radius 3 is 2.46 bits per heavy atom. The van der Waals surface area contributed by atoms with Crippen LogP contribution in [0.2, 0.25) is 10.0 Å². The summed E-state index contributed by atoms with van der Waals surface area (Å²) in [6.07, 6.45) is 1.66. The molecule has 184 valence electrons. The summed E-state index contributed by atoms with van der Waals surface area (Å²) in [5.41, 5.74) is 1.56. The highest BCUT2D eigenvalue weighted by Gasteiger charge is 2.37. The molecule has 0 bridgehead atoms. The number of hydrogen-bond acceptors (Lipinski definition) is 6. The number of hydrogen-bond donors (Lipinski definition) is 0. The fourth-order valence-electron chi connectivity index (χ4n) is 3.43. The van der Waals surface area contributed by atoms with Gasteiger partial charge in [-0.05, 0) is 92.8 Å². The van der Waals surface area contributed by atoms with E-state index < -0.39 is 11.1 Å². The van der Waals surface area contributed by atoms with E-state index in [1.54, 1.807) is 23.1 Å². The lowest BCUT2D eigenvalue weighted by Crippen LogP contribution is -2.46. The number of carbonyl (C=O) groups excluding carboxylic acids is 3. The third kappa shape index (κ3) is 6.63. The molecule has 2 aliphatic rings. The molecule has 2 fully saturated rings. The van der Waals surface area contributed by atoms with Gasteiger partial charge >= 0.3 is 0 Å². The van der Waals surface area contributed by atoms with Gasteiger partial charge in [-0.25, -0.2) is 0 Å². The van der Waals surface area contributed by atoms with Gasteiger partial charge in [-0.15, -0.1) is 0 Å². The molecular weight excluding hydrogens is 741 g/mol. The average molecular weight is 759 g/mol. The maximum Gasteiger partial charge on any atom is 0.294 e. The van der Waals surface area contributed by atoms with Gasteiger partial charge in [-0.2, -0.15) is 0 Å². The Morgan fingerprint density at radius 2 is 1.80 bits per heavy atom. The van der Waals surface area contributed by atoms with Crippen molar-refractivity contribution in [2.75, 3.05) is 32.8 Å². The van der Waals surface area contributed by atoms with Crippen molar-refractivity contribution in [2.45, 2.75) is 6.61 Å². The van der Waals surface area contributed by atoms with Crippen molar-refractivity contribution in [1.29, 1.82) is 0 Å². The van der Waals surface area contributed by atoms with Gasteiger partial charge in [-0.3, -0.25) is 19.3 Å². The van der Waals surface area contributed by atoms with Gasteiger partial charge in [0, 0.05) is 28.7 Å². The van der Waals surface area contributed by atoms with E-state index in [1.807, 2.05) is 18.2 Å². The van der Waals surface area contributed by atoms with Crippen molar-refractivity contribution in [3.63, 3.8) is 0 Å². The molecule has 0 N–H and O–H groups in total. The van der Waals surface area contributed by atoms with E-state index in [-0.39, 0.29) is 24.0 Å². The molecule has 0 unspecified atom stereocenters. The second kappa shape index (κ2) is 12.0. The zero-order valence-electron chi connectivity index (χ0n) is 18.1. The fraction of sp³-hybridized carbons (Fsp3) is 0.261. The van der Waals surface area contributed by atoms with Crippen molar-refractivity contribution >= 4 is 103 Å². The highest BCUT2D eigenvalue weighted by Crippen LogP contribution is 2.35. The van der Waals surface area contributed by atoms with Crippen LogP contribution in [0.1, 0.15) is 11.1 Å². The molecule has 2 aromatic carbocycles. The lowest BCUT2D eigenvalue weighted by Gasteiger charge is -2.28. The van der Waals surface area contributed by atoms with Gasteiger partial charge in [0.1, 0.15) is 18.9 Å². The summed E-state index contributed by atoms with van der Waals surface area (Å²) >= 11 is 17.4. The molecule has 2 aromatic rings. The van der Waals surface area contributed by atoms with E-state index in [1.165, 1.54) is 0 Å². The minimum atomic E-state index is -0.468. The number of benzene rings is 2. The van der Waals surface area contributed by atoms with E-state index in [0.717, 1.165) is 34.9 Å². The van der Waals surface area contributed by atoms with E-state index >= 15 is 0 Å². The first-order valence-electron chi connectivity index (χ1n) is 10.4. The topological polar surface area (TPSA) is 76.2 Å². The lowest BCUT2D eigenvalue weighted by atomic mass is 10.2. The van der Waals surface area contributed by atoms with E-state index in [9.17, 15) is 14.4 Å². The summed E-state index contributed by atoms with van der Waals surface area (Å²) in [7, 11) is 0. The summed E-state index contributed by atoms with van der Waals surface area (Å²) in [6.45, 7) is 1.84. The number of nitrogens with zero attached hydrogens (tertiary/aromatic N) is 2. The van der Waals surface area contributed by atoms with E-state index in [0.29, 0.717) is 42.1 Å². The molecule has 7 nitrogen and oxygen atoms in total. The molecule has 0 spiro atoms. The number of imide groups is 1. The first kappa shape index (κ1) is 27.0. The van der Waals surface area contributed by atoms with E-state index in [4.69, 9.17) is 32.7 Å². The molecule has 0 aromatic heterocycles. The number of amides is 3. The molecule has 3 amide bonds. The number of rotatable bonds is 6. The second-order valence-corrected chi connectivity index (χ2v) is 11.8. The minimum Gasteiger partial charge on any atom is -0.487 e. The fourth-order valence-corrected chi connectivity index (χ4v) is 6.85. The smallest absolute Gasteiger partial charge is 0.294 e. The van der Waals surface area contributed by atoms with Crippen LogP contribution in [-0.4, -0.2) is 59.7 Å². The number of carbonyl (C=O) groups is 3. The first-order chi connectivity index (χ1) is 16.7. The average Bonchev–Trinajstić information content (AvgIpc) is 3.07. The van der Waals surface area contributed by atoms with Gasteiger partial charge in [0.2, 0.25) is 5.91 Å². The summed E-state index contributed by atoms with van der Waals surface area (Å²) in [4.78, 5) is 40.7. The standard InChI is InChI=1S/C23H18Cl2I2N2O5S/c24-15-2-1-14(16(25)10-15)12-34-21-17(26)7-13(8-18(21)27)9-19-22(31)29(23(32)35-19)11-20(30)28-3-5-33-6-4-28/h1-2,7-10H,3-6,11-12H2/b19-9+. The SMILES string of the molecule is O=C(CN1C(=O)S/C(=C/c2cc(I)c(OCc3ccc(Cl)cc3Cl)c(I)c2)C1=O)N1CCOCC1. The van der Waals surface area contributed by atoms with Crippen LogP contribution in [-0.2, 0) is 20.9 Å². The van der Waals surface area contributed by atoms with Crippen molar-refractivity contribution in [3.8, 4) is 5.75 Å². The van der Waals surface area contributed by atoms with Crippen LogP contribution >= 0.6 is 80.1 Å². The Hall–Kier alpha value is -1.06. The predicted octanol–water partition coefficient (Wildman–Crippen LogP) is 5.68. The molecule has 35 heavy (non-hydrogen) atoms. The van der Waals surface area contributed by atoms with Crippen molar-refractivity contribution < 1.29 is 23.9 Å². The van der Waals surface area contributed by atoms with Gasteiger partial charge in [0.15, 0.2) is 0 Å². The van der Waals surface area contributed by atoms with Crippen LogP contribution in [0.5, 0.6) is 5.75 Å². The molecule has 4 rings (SSSR count). The molecule has 2 aliphatic heterocycles. The predicted molar refractivity (Wildman–Crippen MR) is 153 cm³/mol. The normalized spacial score (nSPS) is 17.4. The summed E-state index contributed by atoms with van der Waals surface area (Å²) < 4.78 is 12.9. The highest BCUT2D eigenvalue weighted by molar-refractivity contribution is 14.1. The van der Waals surface area contributed by atoms with Gasteiger partial charge in [0.05, 0.1) is 25.3 Å². The Bertz CT molecular complexity index is 1200. The molecule has 0 radical (unpaired) electrons. The summed E-state index contributed by atoms with van der Waals surface area (Å²) in [6, 6.07) is 8.98. The van der Waals surface area contributed by atoms with Crippen molar-refractivity contribution in [1.82, 2.24) is 9.80 Å². The van der Waals surface area contributed by atoms with Crippen LogP contribution in [0.15, 0.2) is 35.2 Å². The Balaban J connectivity index is 1.45. The number of halogens is 4. The number of ether oxygens (including phenoxy) is 2. The van der Waals surface area contributed by atoms with Crippen molar-refractivity contribution in [2.24, 2.45) is 0 Å². The third-order valence-electron chi connectivity index (χ3n) is 5.24. The van der Waals surface area contributed by atoms with Gasteiger partial charge in [-0.1, -0.05) is 29.3 Å². The van der Waals surface area contributed by atoms with Crippen LogP contribution in [0.4, 0.5) is 4.79 Å². The van der Waals surface area contributed by atoms with Crippen molar-refractivity contribution in [3.05, 3.63) is 63.5 Å². The lowest BCUT2D eigenvalue weighted by molar-refractivity contribution is -0.139. The minimum absolute atomic E-state index is 0.261. The number of thioether (sulfide) groups is 1. The molecular formula is C23H18Cl2I2N2O5S. The Morgan fingerprint density at radius 1 is 1.11 bits per heavy atom. The molecule has 12 heteroatoms. The summed E-state index contributed by atoms with van der Waals surface area (Å²) in [5, 5.41) is 0.635. The third-order valence-corrected chi connectivity index (χ3v) is 8.33. The van der Waals surface area contributed by atoms with Crippen LogP contribution in [0.25, 0.3) is 6.08 Å². The molecule has 0 atom stereocenters. The monoisotopic (exact) mass is 758 g/mol. The number of morpholine rings is 1. The maximum absolute atomic E-state index is 12.9. The van der Waals surface area contributed by atoms with Gasteiger partial charge < -0.3 is 14.4 Å². The van der Waals surface area contributed by atoms with E-state index in [2.05, 4.69) is 45.2 Å². The zero-order valence-corrected chi connectivity index (χ0v) is 24.7. The second-order valence-electron chi connectivity index (χ2n) is 7.60. The molecule has 0 aliphatic carbocycles. The Kier molecular flexibility index (Phi) is 9.25. The molecule has 2 heterocycles. The van der Waals surface area contributed by atoms with Crippen LogP contribution in [0, 0.1) is 7.14 Å². The highest BCUT2D eigenvalue weighted by atomic mass is 127. The molecule has 2 saturated heterocycles. The largest absolute Gasteiger partial charge is 0.487 e. The Labute approximate surface area is 243 Å². The van der Waals surface area contributed by atoms with Gasteiger partial charge in [0.25, 0.3) is 11.1 Å². The maximum atomic E-state index is 12.9. The first-order valence-corrected chi connectivity index (χ1v) is 14.1. The molecule has 0 saturated carbocycles. The quantitative estimate of drug-likeness (QED) is 0.279. The zero-order chi connectivity index (χ0) is 25.1.